The predicted octanol–water partition coefficient (Wildman–Crippen LogP) is 2.04. The number of rotatable bonds is 5. The lowest BCUT2D eigenvalue weighted by molar-refractivity contribution is 0.288. The quantitative estimate of drug-likeness (QED) is 0.904. The normalized spacial score (nSPS) is 10.8. The number of aromatic nitrogens is 3. The third-order valence-electron chi connectivity index (χ3n) is 2.52. The van der Waals surface area contributed by atoms with Crippen LogP contribution < -0.4 is 0 Å². The molecule has 0 aliphatic rings. The number of aliphatic hydroxyl groups is 1. The molecule has 1 aromatic heterocycles. The second kappa shape index (κ2) is 5.93. The van der Waals surface area contributed by atoms with Gasteiger partial charge in [0, 0.05) is 17.8 Å². The first kappa shape index (κ1) is 13.0. The van der Waals surface area contributed by atoms with Crippen molar-refractivity contribution in [3.8, 4) is 0 Å². The summed E-state index contributed by atoms with van der Waals surface area (Å²) in [5.74, 6) is -0.356. The van der Waals surface area contributed by atoms with Crippen LogP contribution >= 0.6 is 11.6 Å². The largest absolute Gasteiger partial charge is 0.396 e. The molecule has 6 heteroatoms. The standard InChI is InChI=1S/C12H13ClFN3O/c13-12-6-10(14)4-3-9(12)7-17-8-11(15-16-17)2-1-5-18/h3-4,6,8,18H,1-2,5,7H2. The van der Waals surface area contributed by atoms with Gasteiger partial charge in [-0.15, -0.1) is 5.10 Å². The van der Waals surface area contributed by atoms with Gasteiger partial charge in [-0.25, -0.2) is 9.07 Å². The van der Waals surface area contributed by atoms with Crippen LogP contribution in [0.4, 0.5) is 4.39 Å². The van der Waals surface area contributed by atoms with Gasteiger partial charge < -0.3 is 5.11 Å². The van der Waals surface area contributed by atoms with Crippen LogP contribution in [0.25, 0.3) is 0 Å². The van der Waals surface area contributed by atoms with E-state index in [9.17, 15) is 4.39 Å². The van der Waals surface area contributed by atoms with Gasteiger partial charge in [0.25, 0.3) is 0 Å². The second-order valence-electron chi connectivity index (χ2n) is 3.97. The van der Waals surface area contributed by atoms with E-state index in [0.29, 0.717) is 24.4 Å². The molecule has 1 aromatic carbocycles. The highest BCUT2D eigenvalue weighted by Crippen LogP contribution is 2.18. The SMILES string of the molecule is OCCCc1cn(Cc2ccc(F)cc2Cl)nn1. The molecule has 1 heterocycles. The van der Waals surface area contributed by atoms with Gasteiger partial charge in [0.05, 0.1) is 12.2 Å². The minimum absolute atomic E-state index is 0.136. The van der Waals surface area contributed by atoms with E-state index < -0.39 is 0 Å². The molecule has 2 rings (SSSR count). The highest BCUT2D eigenvalue weighted by Gasteiger charge is 2.05. The Kier molecular flexibility index (Phi) is 4.28. The van der Waals surface area contributed by atoms with Crippen molar-refractivity contribution in [2.45, 2.75) is 19.4 Å². The Morgan fingerprint density at radius 3 is 2.94 bits per heavy atom. The maximum Gasteiger partial charge on any atom is 0.124 e. The van der Waals surface area contributed by atoms with Crippen molar-refractivity contribution in [3.63, 3.8) is 0 Å². The number of nitrogens with zero attached hydrogens (tertiary/aromatic N) is 3. The molecule has 96 valence electrons. The van der Waals surface area contributed by atoms with Crippen LogP contribution in [-0.2, 0) is 13.0 Å². The number of aryl methyl sites for hydroxylation is 1. The number of halogens is 2. The Bertz CT molecular complexity index is 530. The fraction of sp³-hybridized carbons (Fsp3) is 0.333. The van der Waals surface area contributed by atoms with Gasteiger partial charge >= 0.3 is 0 Å². The minimum atomic E-state index is -0.356. The molecule has 0 atom stereocenters. The number of aliphatic hydroxyl groups excluding tert-OH is 1. The Labute approximate surface area is 109 Å². The average Bonchev–Trinajstić information content (AvgIpc) is 2.78. The lowest BCUT2D eigenvalue weighted by atomic mass is 10.2. The van der Waals surface area contributed by atoms with Crippen molar-refractivity contribution >= 4 is 11.6 Å². The molecule has 0 fully saturated rings. The molecule has 0 saturated carbocycles. The predicted molar refractivity (Wildman–Crippen MR) is 65.9 cm³/mol. The zero-order chi connectivity index (χ0) is 13.0. The smallest absolute Gasteiger partial charge is 0.124 e. The molecule has 0 amide bonds. The zero-order valence-corrected chi connectivity index (χ0v) is 10.4. The first-order valence-electron chi connectivity index (χ1n) is 5.63. The molecule has 0 saturated heterocycles. The number of hydrogen-bond acceptors (Lipinski definition) is 3. The second-order valence-corrected chi connectivity index (χ2v) is 4.38. The van der Waals surface area contributed by atoms with Gasteiger partial charge in [-0.3, -0.25) is 0 Å². The Hall–Kier alpha value is -1.46. The summed E-state index contributed by atoms with van der Waals surface area (Å²) in [5.41, 5.74) is 1.61. The maximum absolute atomic E-state index is 12.9. The van der Waals surface area contributed by atoms with Crippen LogP contribution in [0, 0.1) is 5.82 Å². The van der Waals surface area contributed by atoms with E-state index in [0.717, 1.165) is 11.3 Å². The molecule has 4 nitrogen and oxygen atoms in total. The Balaban J connectivity index is 2.06. The van der Waals surface area contributed by atoms with E-state index in [1.165, 1.54) is 12.1 Å². The fourth-order valence-electron chi connectivity index (χ4n) is 1.61. The monoisotopic (exact) mass is 269 g/mol. The Morgan fingerprint density at radius 1 is 1.39 bits per heavy atom. The summed E-state index contributed by atoms with van der Waals surface area (Å²) < 4.78 is 14.5. The van der Waals surface area contributed by atoms with Crippen molar-refractivity contribution in [2.75, 3.05) is 6.61 Å². The van der Waals surface area contributed by atoms with E-state index in [1.807, 2.05) is 0 Å². The first-order valence-corrected chi connectivity index (χ1v) is 6.00. The molecule has 1 N–H and O–H groups in total. The summed E-state index contributed by atoms with van der Waals surface area (Å²) in [7, 11) is 0. The van der Waals surface area contributed by atoms with Crippen molar-refractivity contribution < 1.29 is 9.50 Å². The maximum atomic E-state index is 12.9. The molecular formula is C12H13ClFN3O. The minimum Gasteiger partial charge on any atom is -0.396 e. The summed E-state index contributed by atoms with van der Waals surface area (Å²) >= 11 is 5.94. The van der Waals surface area contributed by atoms with Crippen molar-refractivity contribution in [1.29, 1.82) is 0 Å². The van der Waals surface area contributed by atoms with E-state index in [4.69, 9.17) is 16.7 Å². The molecule has 0 aliphatic heterocycles. The third kappa shape index (κ3) is 3.27. The van der Waals surface area contributed by atoms with Crippen molar-refractivity contribution in [1.82, 2.24) is 15.0 Å². The van der Waals surface area contributed by atoms with Crippen molar-refractivity contribution in [3.05, 3.63) is 46.5 Å². The summed E-state index contributed by atoms with van der Waals surface area (Å²) in [5, 5.41) is 17.0. The van der Waals surface area contributed by atoms with Gasteiger partial charge in [-0.1, -0.05) is 22.9 Å². The topological polar surface area (TPSA) is 50.9 Å². The number of hydrogen-bond donors (Lipinski definition) is 1. The van der Waals surface area contributed by atoms with Gasteiger partial charge in [0.1, 0.15) is 5.82 Å². The average molecular weight is 270 g/mol. The zero-order valence-electron chi connectivity index (χ0n) is 9.68. The van der Waals surface area contributed by atoms with Crippen LogP contribution in [0.15, 0.2) is 24.4 Å². The number of benzene rings is 1. The summed E-state index contributed by atoms with van der Waals surface area (Å²) in [6.45, 7) is 0.585. The fourth-order valence-corrected chi connectivity index (χ4v) is 1.84. The first-order chi connectivity index (χ1) is 8.69. The third-order valence-corrected chi connectivity index (χ3v) is 2.88. The van der Waals surface area contributed by atoms with Crippen LogP contribution in [0.3, 0.4) is 0 Å². The van der Waals surface area contributed by atoms with Gasteiger partial charge in [-0.05, 0) is 30.5 Å². The van der Waals surface area contributed by atoms with E-state index >= 15 is 0 Å². The lowest BCUT2D eigenvalue weighted by Crippen LogP contribution is -2.01. The van der Waals surface area contributed by atoms with E-state index in [-0.39, 0.29) is 12.4 Å². The molecule has 0 aliphatic carbocycles. The highest BCUT2D eigenvalue weighted by molar-refractivity contribution is 6.31. The van der Waals surface area contributed by atoms with E-state index in [1.54, 1.807) is 16.9 Å². The van der Waals surface area contributed by atoms with Crippen LogP contribution in [-0.4, -0.2) is 26.7 Å². The summed E-state index contributed by atoms with van der Waals surface area (Å²) in [6.07, 6.45) is 3.15. The van der Waals surface area contributed by atoms with Crippen LogP contribution in [0.5, 0.6) is 0 Å². The van der Waals surface area contributed by atoms with E-state index in [2.05, 4.69) is 10.3 Å². The Morgan fingerprint density at radius 2 is 2.22 bits per heavy atom. The summed E-state index contributed by atoms with van der Waals surface area (Å²) in [6, 6.07) is 4.28. The van der Waals surface area contributed by atoms with Gasteiger partial charge in [-0.2, -0.15) is 0 Å². The summed E-state index contributed by atoms with van der Waals surface area (Å²) in [4.78, 5) is 0. The highest BCUT2D eigenvalue weighted by atomic mass is 35.5. The molecule has 0 bridgehead atoms. The van der Waals surface area contributed by atoms with Crippen molar-refractivity contribution in [2.24, 2.45) is 0 Å². The van der Waals surface area contributed by atoms with Gasteiger partial charge in [0.15, 0.2) is 0 Å². The molecule has 0 spiro atoms. The molecule has 0 unspecified atom stereocenters. The lowest BCUT2D eigenvalue weighted by Gasteiger charge is -2.03. The molecular weight excluding hydrogens is 257 g/mol. The van der Waals surface area contributed by atoms with Gasteiger partial charge in [0.2, 0.25) is 0 Å². The molecule has 2 aromatic rings. The van der Waals surface area contributed by atoms with Crippen LogP contribution in [0.1, 0.15) is 17.7 Å². The molecule has 18 heavy (non-hydrogen) atoms. The van der Waals surface area contributed by atoms with Crippen LogP contribution in [0.2, 0.25) is 5.02 Å². The molecule has 0 radical (unpaired) electrons.